The average Bonchev–Trinajstić information content (AvgIpc) is 2.67. The van der Waals surface area contributed by atoms with Gasteiger partial charge in [-0.3, -0.25) is 9.59 Å². The molecule has 0 radical (unpaired) electrons. The highest BCUT2D eigenvalue weighted by Gasteiger charge is 2.33. The lowest BCUT2D eigenvalue weighted by molar-refractivity contribution is -0.149. The van der Waals surface area contributed by atoms with Crippen molar-refractivity contribution in [2.45, 2.75) is 25.7 Å². The Kier molecular flexibility index (Phi) is 5.27. The van der Waals surface area contributed by atoms with Gasteiger partial charge in [-0.25, -0.2) is 9.97 Å². The summed E-state index contributed by atoms with van der Waals surface area (Å²) in [4.78, 5) is 37.0. The minimum atomic E-state index is -0.160. The maximum Gasteiger partial charge on any atom is 0.308 e. The Morgan fingerprint density at radius 2 is 1.79 bits per heavy atom. The molecule has 1 atom stereocenters. The van der Waals surface area contributed by atoms with Gasteiger partial charge in [0.25, 0.3) is 0 Å². The smallest absolute Gasteiger partial charge is 0.308 e. The molecular formula is C17H24N4O3. The van der Waals surface area contributed by atoms with E-state index in [1.54, 1.807) is 18.5 Å². The molecule has 7 heteroatoms. The first kappa shape index (κ1) is 16.7. The normalized spacial score (nSPS) is 22.3. The molecule has 2 aliphatic rings. The number of rotatable bonds is 3. The average molecular weight is 332 g/mol. The van der Waals surface area contributed by atoms with E-state index in [4.69, 9.17) is 4.74 Å². The quantitative estimate of drug-likeness (QED) is 0.772. The summed E-state index contributed by atoms with van der Waals surface area (Å²) in [5.41, 5.74) is 0. The summed E-state index contributed by atoms with van der Waals surface area (Å²) in [6, 6.07) is 1.79. The summed E-state index contributed by atoms with van der Waals surface area (Å²) in [6.07, 6.45) is 6.70. The molecule has 1 aromatic heterocycles. The maximum absolute atomic E-state index is 12.8. The van der Waals surface area contributed by atoms with Gasteiger partial charge in [-0.1, -0.05) is 0 Å². The number of methoxy groups -OCH3 is 1. The molecule has 0 aliphatic carbocycles. The van der Waals surface area contributed by atoms with Crippen molar-refractivity contribution >= 4 is 17.8 Å². The van der Waals surface area contributed by atoms with Gasteiger partial charge in [-0.2, -0.15) is 0 Å². The number of nitrogens with zero attached hydrogens (tertiary/aromatic N) is 4. The van der Waals surface area contributed by atoms with Crippen LogP contribution >= 0.6 is 0 Å². The predicted octanol–water partition coefficient (Wildman–Crippen LogP) is 1.10. The number of carbonyl (C=O) groups is 2. The third-order valence-electron chi connectivity index (χ3n) is 4.95. The number of piperidine rings is 2. The van der Waals surface area contributed by atoms with Crippen molar-refractivity contribution in [3.05, 3.63) is 18.5 Å². The van der Waals surface area contributed by atoms with E-state index in [-0.39, 0.29) is 23.7 Å². The number of aromatic nitrogens is 2. The van der Waals surface area contributed by atoms with E-state index >= 15 is 0 Å². The van der Waals surface area contributed by atoms with E-state index in [0.29, 0.717) is 38.4 Å². The third kappa shape index (κ3) is 3.66. The predicted molar refractivity (Wildman–Crippen MR) is 88.3 cm³/mol. The second-order valence-corrected chi connectivity index (χ2v) is 6.46. The number of carbonyl (C=O) groups excluding carboxylic acids is 2. The van der Waals surface area contributed by atoms with E-state index in [1.165, 1.54) is 7.11 Å². The van der Waals surface area contributed by atoms with E-state index < -0.39 is 0 Å². The van der Waals surface area contributed by atoms with Crippen LogP contribution in [0.25, 0.3) is 0 Å². The summed E-state index contributed by atoms with van der Waals surface area (Å²) < 4.78 is 4.80. The van der Waals surface area contributed by atoms with Crippen LogP contribution in [-0.2, 0) is 14.3 Å². The molecule has 3 heterocycles. The number of anilines is 1. The first-order valence-corrected chi connectivity index (χ1v) is 8.57. The van der Waals surface area contributed by atoms with Crippen molar-refractivity contribution in [2.24, 2.45) is 11.8 Å². The highest BCUT2D eigenvalue weighted by atomic mass is 16.5. The zero-order chi connectivity index (χ0) is 16.9. The number of hydrogen-bond donors (Lipinski definition) is 0. The Morgan fingerprint density at radius 1 is 1.08 bits per heavy atom. The lowest BCUT2D eigenvalue weighted by Crippen LogP contribution is -2.48. The lowest BCUT2D eigenvalue weighted by atomic mass is 9.93. The Labute approximate surface area is 142 Å². The largest absolute Gasteiger partial charge is 0.469 e. The van der Waals surface area contributed by atoms with Crippen LogP contribution in [0.5, 0.6) is 0 Å². The summed E-state index contributed by atoms with van der Waals surface area (Å²) in [7, 11) is 1.42. The Hall–Kier alpha value is -2.18. The molecule has 1 aromatic rings. The molecule has 0 bridgehead atoms. The van der Waals surface area contributed by atoms with Crippen LogP contribution in [0.15, 0.2) is 18.5 Å². The van der Waals surface area contributed by atoms with E-state index in [0.717, 1.165) is 19.4 Å². The molecule has 24 heavy (non-hydrogen) atoms. The van der Waals surface area contributed by atoms with Crippen LogP contribution in [0.3, 0.4) is 0 Å². The first-order chi connectivity index (χ1) is 11.7. The highest BCUT2D eigenvalue weighted by Crippen LogP contribution is 2.25. The molecule has 1 amide bonds. The molecule has 2 fully saturated rings. The van der Waals surface area contributed by atoms with Crippen molar-refractivity contribution in [3.63, 3.8) is 0 Å². The Bertz CT molecular complexity index is 572. The molecule has 2 saturated heterocycles. The summed E-state index contributed by atoms with van der Waals surface area (Å²) in [6.45, 7) is 2.83. The van der Waals surface area contributed by atoms with E-state index in [2.05, 4.69) is 14.9 Å². The number of hydrogen-bond acceptors (Lipinski definition) is 6. The summed E-state index contributed by atoms with van der Waals surface area (Å²) >= 11 is 0. The third-order valence-corrected chi connectivity index (χ3v) is 4.95. The first-order valence-electron chi connectivity index (χ1n) is 8.57. The van der Waals surface area contributed by atoms with Crippen LogP contribution in [0, 0.1) is 11.8 Å². The van der Waals surface area contributed by atoms with E-state index in [9.17, 15) is 9.59 Å². The van der Waals surface area contributed by atoms with Gasteiger partial charge in [0.1, 0.15) is 0 Å². The van der Waals surface area contributed by atoms with Gasteiger partial charge in [0, 0.05) is 38.6 Å². The summed E-state index contributed by atoms with van der Waals surface area (Å²) in [5, 5.41) is 0. The molecule has 3 rings (SSSR count). The molecule has 2 aliphatic heterocycles. The number of ether oxygens (including phenoxy) is 1. The molecule has 1 unspecified atom stereocenters. The number of esters is 1. The fourth-order valence-electron chi connectivity index (χ4n) is 3.58. The van der Waals surface area contributed by atoms with Crippen LogP contribution in [0.1, 0.15) is 25.7 Å². The fraction of sp³-hybridized carbons (Fsp3) is 0.647. The van der Waals surface area contributed by atoms with Gasteiger partial charge in [-0.05, 0) is 31.7 Å². The second-order valence-electron chi connectivity index (χ2n) is 6.46. The molecule has 130 valence electrons. The monoisotopic (exact) mass is 332 g/mol. The lowest BCUT2D eigenvalue weighted by Gasteiger charge is -2.37. The van der Waals surface area contributed by atoms with Gasteiger partial charge in [0.15, 0.2) is 0 Å². The topological polar surface area (TPSA) is 75.6 Å². The zero-order valence-corrected chi connectivity index (χ0v) is 14.1. The van der Waals surface area contributed by atoms with Crippen LogP contribution in [-0.4, -0.2) is 60.0 Å². The Balaban J connectivity index is 1.56. The van der Waals surface area contributed by atoms with E-state index in [1.807, 2.05) is 4.90 Å². The van der Waals surface area contributed by atoms with Gasteiger partial charge in [0.2, 0.25) is 11.9 Å². The fourth-order valence-corrected chi connectivity index (χ4v) is 3.58. The van der Waals surface area contributed by atoms with Crippen LogP contribution in [0.2, 0.25) is 0 Å². The molecule has 0 spiro atoms. The van der Waals surface area contributed by atoms with Crippen molar-refractivity contribution in [2.75, 3.05) is 38.2 Å². The van der Waals surface area contributed by atoms with Gasteiger partial charge in [-0.15, -0.1) is 0 Å². The number of amides is 1. The SMILES string of the molecule is COC(=O)C1CCN(C(=O)C2CCCN(c3ncccn3)C2)CC1. The van der Waals surface area contributed by atoms with Crippen molar-refractivity contribution < 1.29 is 14.3 Å². The van der Waals surface area contributed by atoms with Crippen molar-refractivity contribution in [1.82, 2.24) is 14.9 Å². The molecule has 0 saturated carbocycles. The standard InChI is InChI=1S/C17H24N4O3/c1-24-16(23)13-5-10-20(11-6-13)15(22)14-4-2-9-21(12-14)17-18-7-3-8-19-17/h3,7-8,13-14H,2,4-6,9-12H2,1H3. The summed E-state index contributed by atoms with van der Waals surface area (Å²) in [5.74, 6) is 0.641. The van der Waals surface area contributed by atoms with Crippen LogP contribution < -0.4 is 4.90 Å². The molecule has 0 aromatic carbocycles. The molecule has 7 nitrogen and oxygen atoms in total. The number of likely N-dealkylation sites (tertiary alicyclic amines) is 1. The molecular weight excluding hydrogens is 308 g/mol. The molecule has 0 N–H and O–H groups in total. The maximum atomic E-state index is 12.8. The van der Waals surface area contributed by atoms with Crippen molar-refractivity contribution in [3.8, 4) is 0 Å². The Morgan fingerprint density at radius 3 is 2.46 bits per heavy atom. The highest BCUT2D eigenvalue weighted by molar-refractivity contribution is 5.80. The van der Waals surface area contributed by atoms with Gasteiger partial charge < -0.3 is 14.5 Å². The van der Waals surface area contributed by atoms with Gasteiger partial charge >= 0.3 is 5.97 Å². The zero-order valence-electron chi connectivity index (χ0n) is 14.1. The van der Waals surface area contributed by atoms with Crippen molar-refractivity contribution in [1.29, 1.82) is 0 Å². The minimum absolute atomic E-state index is 0.0165. The van der Waals surface area contributed by atoms with Crippen LogP contribution in [0.4, 0.5) is 5.95 Å². The second kappa shape index (κ2) is 7.59. The van der Waals surface area contributed by atoms with Gasteiger partial charge in [0.05, 0.1) is 18.9 Å². The minimum Gasteiger partial charge on any atom is -0.469 e.